The molecule has 1 aromatic carbocycles. The molecule has 3 N–H and O–H groups in total. The molecule has 0 saturated carbocycles. The van der Waals surface area contributed by atoms with Crippen LogP contribution in [0.25, 0.3) is 22.6 Å². The number of aliphatic hydroxyl groups excluding tert-OH is 1. The molecule has 33 heavy (non-hydrogen) atoms. The number of imidazole rings is 1. The number of benzene rings is 1. The minimum absolute atomic E-state index is 0.112. The summed E-state index contributed by atoms with van der Waals surface area (Å²) in [4.78, 5) is 29.1. The molecule has 2 aromatic heterocycles. The van der Waals surface area contributed by atoms with Crippen molar-refractivity contribution >= 4 is 17.7 Å². The van der Waals surface area contributed by atoms with E-state index in [0.29, 0.717) is 33.6 Å². The molecule has 1 amide bonds. The van der Waals surface area contributed by atoms with Gasteiger partial charge in [0.1, 0.15) is 5.82 Å². The number of carbonyl (C=O) groups is 1. The maximum atomic E-state index is 13.5. The molecule has 0 spiro atoms. The maximum Gasteiger partial charge on any atom is 0.230 e. The number of thioether (sulfide) groups is 1. The molecule has 1 saturated heterocycles. The van der Waals surface area contributed by atoms with Crippen LogP contribution in [0.15, 0.2) is 41.7 Å². The van der Waals surface area contributed by atoms with Gasteiger partial charge in [0.15, 0.2) is 11.0 Å². The zero-order valence-electron chi connectivity index (χ0n) is 18.2. The van der Waals surface area contributed by atoms with Crippen LogP contribution in [0.2, 0.25) is 0 Å². The molecule has 1 aliphatic heterocycles. The van der Waals surface area contributed by atoms with Crippen molar-refractivity contribution in [3.05, 3.63) is 48.2 Å². The van der Waals surface area contributed by atoms with E-state index < -0.39 is 11.7 Å². The number of carbonyl (C=O) groups excluding carboxylic acids is 1. The third-order valence-electron chi connectivity index (χ3n) is 5.19. The van der Waals surface area contributed by atoms with Crippen LogP contribution in [0.3, 0.4) is 0 Å². The van der Waals surface area contributed by atoms with Crippen LogP contribution in [-0.2, 0) is 14.3 Å². The van der Waals surface area contributed by atoms with Crippen molar-refractivity contribution in [1.29, 1.82) is 0 Å². The highest BCUT2D eigenvalue weighted by atomic mass is 32.2. The van der Waals surface area contributed by atoms with Gasteiger partial charge < -0.3 is 24.9 Å². The number of nitrogens with one attached hydrogen (secondary N) is 2. The average molecular weight is 474 g/mol. The number of aromatic amines is 1. The van der Waals surface area contributed by atoms with Crippen LogP contribution in [0.1, 0.15) is 19.0 Å². The topological polar surface area (TPSA) is 122 Å². The Kier molecular flexibility index (Phi) is 7.03. The number of aliphatic hydroxyl groups is 1. The standard InChI is InChI=1S/C22H24FN5O4S/c1-22(20(30)24-9-10-29)11-31-19(32-12-22)18-27-16(13-3-5-14(23)6-4-13)17(28-18)15-7-8-25-21(26-15)33-2/h3-8,19,29H,9-12H2,1-2H3,(H,24,30)(H,27,28). The molecular formula is C22H24FN5O4S. The van der Waals surface area contributed by atoms with Crippen molar-refractivity contribution in [3.8, 4) is 22.6 Å². The van der Waals surface area contributed by atoms with E-state index >= 15 is 0 Å². The zero-order valence-corrected chi connectivity index (χ0v) is 19.0. The Bertz CT molecular complexity index is 1120. The van der Waals surface area contributed by atoms with Crippen LogP contribution in [0, 0.1) is 11.2 Å². The maximum absolute atomic E-state index is 13.5. The summed E-state index contributed by atoms with van der Waals surface area (Å²) in [5.74, 6) is -0.195. The lowest BCUT2D eigenvalue weighted by atomic mass is 9.91. The Morgan fingerprint density at radius 3 is 2.67 bits per heavy atom. The molecular weight excluding hydrogens is 449 g/mol. The predicted octanol–water partition coefficient (Wildman–Crippen LogP) is 2.55. The highest BCUT2D eigenvalue weighted by molar-refractivity contribution is 7.98. The van der Waals surface area contributed by atoms with Gasteiger partial charge >= 0.3 is 0 Å². The minimum atomic E-state index is -0.888. The van der Waals surface area contributed by atoms with Gasteiger partial charge in [-0.05, 0) is 43.5 Å². The first-order valence-corrected chi connectivity index (χ1v) is 11.5. The fourth-order valence-corrected chi connectivity index (χ4v) is 3.72. The Balaban J connectivity index is 1.63. The van der Waals surface area contributed by atoms with Gasteiger partial charge in [0.25, 0.3) is 0 Å². The highest BCUT2D eigenvalue weighted by Crippen LogP contribution is 2.35. The van der Waals surface area contributed by atoms with E-state index in [0.717, 1.165) is 0 Å². The first-order valence-electron chi connectivity index (χ1n) is 10.3. The zero-order chi connectivity index (χ0) is 23.4. The van der Waals surface area contributed by atoms with Gasteiger partial charge in [-0.1, -0.05) is 11.8 Å². The number of hydrogen-bond donors (Lipinski definition) is 3. The van der Waals surface area contributed by atoms with Gasteiger partial charge in [-0.2, -0.15) is 0 Å². The summed E-state index contributed by atoms with van der Waals surface area (Å²) < 4.78 is 25.2. The first-order chi connectivity index (χ1) is 15.9. The molecule has 0 bridgehead atoms. The SMILES string of the molecule is CSc1nccc(-c2[nH]c(C3OCC(C)(C(=O)NCCO)CO3)nc2-c2ccc(F)cc2)n1. The van der Waals surface area contributed by atoms with Crippen LogP contribution < -0.4 is 5.32 Å². The van der Waals surface area contributed by atoms with Gasteiger partial charge in [-0.25, -0.2) is 19.3 Å². The van der Waals surface area contributed by atoms with Crippen LogP contribution in [-0.4, -0.2) is 63.6 Å². The number of H-pyrrole nitrogens is 1. The van der Waals surface area contributed by atoms with Crippen molar-refractivity contribution in [3.63, 3.8) is 0 Å². The van der Waals surface area contributed by atoms with E-state index in [1.807, 2.05) is 6.26 Å². The number of hydrogen-bond acceptors (Lipinski definition) is 8. The van der Waals surface area contributed by atoms with Gasteiger partial charge in [-0.15, -0.1) is 0 Å². The normalized spacial score (nSPS) is 20.5. The van der Waals surface area contributed by atoms with E-state index in [4.69, 9.17) is 14.6 Å². The molecule has 0 radical (unpaired) electrons. The molecule has 3 heterocycles. The lowest BCUT2D eigenvalue weighted by molar-refractivity contribution is -0.231. The summed E-state index contributed by atoms with van der Waals surface area (Å²) >= 11 is 1.42. The molecule has 174 valence electrons. The van der Waals surface area contributed by atoms with E-state index in [2.05, 4.69) is 25.3 Å². The van der Waals surface area contributed by atoms with Crippen LogP contribution in [0.4, 0.5) is 4.39 Å². The van der Waals surface area contributed by atoms with Gasteiger partial charge in [-0.3, -0.25) is 4.79 Å². The molecule has 11 heteroatoms. The first kappa shape index (κ1) is 23.3. The van der Waals surface area contributed by atoms with Crippen molar-refractivity contribution in [1.82, 2.24) is 25.3 Å². The molecule has 9 nitrogen and oxygen atoms in total. The van der Waals surface area contributed by atoms with E-state index in [1.165, 1.54) is 23.9 Å². The molecule has 0 atom stereocenters. The second-order valence-electron chi connectivity index (χ2n) is 7.78. The lowest BCUT2D eigenvalue weighted by Crippen LogP contribution is -2.49. The summed E-state index contributed by atoms with van der Waals surface area (Å²) in [5.41, 5.74) is 1.62. The fourth-order valence-electron chi connectivity index (χ4n) is 3.36. The van der Waals surface area contributed by atoms with Crippen molar-refractivity contribution in [2.24, 2.45) is 5.41 Å². The van der Waals surface area contributed by atoms with Gasteiger partial charge in [0.05, 0.1) is 42.3 Å². The van der Waals surface area contributed by atoms with Gasteiger partial charge in [0, 0.05) is 18.3 Å². The second kappa shape index (κ2) is 9.96. The summed E-state index contributed by atoms with van der Waals surface area (Å²) in [6.45, 7) is 1.98. The molecule has 1 aliphatic rings. The number of rotatable bonds is 7. The van der Waals surface area contributed by atoms with E-state index in [1.54, 1.807) is 31.3 Å². The third kappa shape index (κ3) is 5.06. The second-order valence-corrected chi connectivity index (χ2v) is 8.55. The summed E-state index contributed by atoms with van der Waals surface area (Å²) in [6, 6.07) is 7.77. The highest BCUT2D eigenvalue weighted by Gasteiger charge is 2.40. The number of ether oxygens (including phenoxy) is 2. The molecule has 0 aliphatic carbocycles. The fraction of sp³-hybridized carbons (Fsp3) is 0.364. The Morgan fingerprint density at radius 1 is 1.27 bits per heavy atom. The third-order valence-corrected chi connectivity index (χ3v) is 5.75. The van der Waals surface area contributed by atoms with Crippen molar-refractivity contribution < 1.29 is 23.8 Å². The molecule has 3 aromatic rings. The Hall–Kier alpha value is -2.86. The number of aromatic nitrogens is 4. The Labute approximate surface area is 194 Å². The molecule has 1 fully saturated rings. The lowest BCUT2D eigenvalue weighted by Gasteiger charge is -2.35. The van der Waals surface area contributed by atoms with Crippen LogP contribution in [0.5, 0.6) is 0 Å². The summed E-state index contributed by atoms with van der Waals surface area (Å²) in [6.07, 6.45) is 2.72. The monoisotopic (exact) mass is 473 g/mol. The molecule has 4 rings (SSSR count). The van der Waals surface area contributed by atoms with E-state index in [9.17, 15) is 9.18 Å². The smallest absolute Gasteiger partial charge is 0.230 e. The summed E-state index contributed by atoms with van der Waals surface area (Å²) in [5, 5.41) is 12.2. The van der Waals surface area contributed by atoms with Crippen molar-refractivity contribution in [2.75, 3.05) is 32.6 Å². The Morgan fingerprint density at radius 2 is 2.00 bits per heavy atom. The number of nitrogens with zero attached hydrogens (tertiary/aromatic N) is 3. The van der Waals surface area contributed by atoms with E-state index in [-0.39, 0.29) is 38.1 Å². The molecule has 0 unspecified atom stereocenters. The number of halogens is 1. The predicted molar refractivity (Wildman–Crippen MR) is 120 cm³/mol. The minimum Gasteiger partial charge on any atom is -0.395 e. The average Bonchev–Trinajstić information content (AvgIpc) is 3.29. The summed E-state index contributed by atoms with van der Waals surface area (Å²) in [7, 11) is 0. The number of amides is 1. The largest absolute Gasteiger partial charge is 0.395 e. The van der Waals surface area contributed by atoms with Crippen LogP contribution >= 0.6 is 11.8 Å². The quantitative estimate of drug-likeness (QED) is 0.354. The van der Waals surface area contributed by atoms with Crippen molar-refractivity contribution in [2.45, 2.75) is 18.4 Å². The van der Waals surface area contributed by atoms with Gasteiger partial charge in [0.2, 0.25) is 12.2 Å².